The molecule has 1 heterocycles. The van der Waals surface area contributed by atoms with Crippen LogP contribution in [-0.2, 0) is 12.8 Å². The third kappa shape index (κ3) is 2.54. The molecule has 0 saturated heterocycles. The van der Waals surface area contributed by atoms with Gasteiger partial charge < -0.3 is 9.84 Å². The molecule has 2 aromatic rings. The van der Waals surface area contributed by atoms with Gasteiger partial charge in [-0.15, -0.1) is 0 Å². The van der Waals surface area contributed by atoms with Crippen LogP contribution in [0.15, 0.2) is 42.7 Å². The van der Waals surface area contributed by atoms with Crippen molar-refractivity contribution in [1.82, 2.24) is 4.98 Å². The summed E-state index contributed by atoms with van der Waals surface area (Å²) in [6.45, 7) is 0. The fraction of sp³-hybridized carbons (Fsp3) is 0.353. The number of nitrogens with zero attached hydrogens (tertiary/aromatic N) is 1. The van der Waals surface area contributed by atoms with Gasteiger partial charge in [0.15, 0.2) is 0 Å². The van der Waals surface area contributed by atoms with Gasteiger partial charge >= 0.3 is 0 Å². The number of hydrogen-bond acceptors (Lipinski definition) is 3. The maximum Gasteiger partial charge on any atom is 0.137 e. The van der Waals surface area contributed by atoms with E-state index in [2.05, 4.69) is 29.2 Å². The molecule has 0 aliphatic heterocycles. The maximum atomic E-state index is 10.6. The van der Waals surface area contributed by atoms with Crippen molar-refractivity contribution in [1.29, 1.82) is 0 Å². The van der Waals surface area contributed by atoms with E-state index in [0.29, 0.717) is 5.75 Å². The Bertz CT molecular complexity index is 597. The van der Waals surface area contributed by atoms with Gasteiger partial charge in [0.25, 0.3) is 0 Å². The summed E-state index contributed by atoms with van der Waals surface area (Å²) in [4.78, 5) is 4.13. The van der Waals surface area contributed by atoms with Crippen LogP contribution in [-0.4, -0.2) is 17.2 Å². The number of aryl methyl sites for hydroxylation is 1. The molecule has 3 heteroatoms. The van der Waals surface area contributed by atoms with Crippen LogP contribution in [0, 0.1) is 5.92 Å². The standard InChI is InChI=1S/C17H19NO2/c1-20-16-9-15(10-18-11-16)17(19)14-7-6-12-4-2-3-5-13(12)8-14/h2-5,9-11,14,17,19H,6-8H2,1H3. The van der Waals surface area contributed by atoms with E-state index in [1.807, 2.05) is 6.07 Å². The molecule has 1 aliphatic carbocycles. The van der Waals surface area contributed by atoms with Gasteiger partial charge in [-0.25, -0.2) is 0 Å². The van der Waals surface area contributed by atoms with Gasteiger partial charge in [0, 0.05) is 11.8 Å². The zero-order chi connectivity index (χ0) is 13.9. The normalized spacial score (nSPS) is 19.2. The highest BCUT2D eigenvalue weighted by molar-refractivity contribution is 5.31. The summed E-state index contributed by atoms with van der Waals surface area (Å²) in [5, 5.41) is 10.6. The predicted octanol–water partition coefficient (Wildman–Crippen LogP) is 2.93. The zero-order valence-corrected chi connectivity index (χ0v) is 11.6. The number of aromatic nitrogens is 1. The van der Waals surface area contributed by atoms with Crippen molar-refractivity contribution in [3.8, 4) is 5.75 Å². The first-order chi connectivity index (χ1) is 9.78. The largest absolute Gasteiger partial charge is 0.495 e. The van der Waals surface area contributed by atoms with E-state index in [9.17, 15) is 5.11 Å². The quantitative estimate of drug-likeness (QED) is 0.931. The van der Waals surface area contributed by atoms with E-state index in [1.165, 1.54) is 11.1 Å². The van der Waals surface area contributed by atoms with E-state index < -0.39 is 6.10 Å². The summed E-state index contributed by atoms with van der Waals surface area (Å²) in [6, 6.07) is 10.4. The number of rotatable bonds is 3. The Morgan fingerprint density at radius 2 is 2.05 bits per heavy atom. The van der Waals surface area contributed by atoms with Crippen LogP contribution in [0.1, 0.15) is 29.2 Å². The topological polar surface area (TPSA) is 42.4 Å². The van der Waals surface area contributed by atoms with Crippen molar-refractivity contribution < 1.29 is 9.84 Å². The first-order valence-electron chi connectivity index (χ1n) is 7.01. The lowest BCUT2D eigenvalue weighted by Gasteiger charge is -2.28. The van der Waals surface area contributed by atoms with E-state index in [4.69, 9.17) is 4.74 Å². The molecule has 1 aromatic heterocycles. The molecule has 0 spiro atoms. The average molecular weight is 269 g/mol. The van der Waals surface area contributed by atoms with Gasteiger partial charge in [-0.1, -0.05) is 24.3 Å². The lowest BCUT2D eigenvalue weighted by Crippen LogP contribution is -2.21. The third-order valence-corrected chi connectivity index (χ3v) is 4.14. The summed E-state index contributed by atoms with van der Waals surface area (Å²) in [6.07, 6.45) is 5.88. The molecule has 0 radical (unpaired) electrons. The molecule has 1 aromatic carbocycles. The highest BCUT2D eigenvalue weighted by atomic mass is 16.5. The molecule has 2 unspecified atom stereocenters. The Morgan fingerprint density at radius 1 is 1.25 bits per heavy atom. The maximum absolute atomic E-state index is 10.6. The molecule has 3 rings (SSSR count). The first kappa shape index (κ1) is 13.1. The summed E-state index contributed by atoms with van der Waals surface area (Å²) in [5.74, 6) is 0.941. The van der Waals surface area contributed by atoms with Crippen LogP contribution in [0.3, 0.4) is 0 Å². The Hall–Kier alpha value is -1.87. The van der Waals surface area contributed by atoms with E-state index in [-0.39, 0.29) is 5.92 Å². The lowest BCUT2D eigenvalue weighted by atomic mass is 9.79. The summed E-state index contributed by atoms with van der Waals surface area (Å²) < 4.78 is 5.17. The second kappa shape index (κ2) is 5.63. The predicted molar refractivity (Wildman–Crippen MR) is 77.7 cm³/mol. The van der Waals surface area contributed by atoms with Crippen LogP contribution >= 0.6 is 0 Å². The minimum Gasteiger partial charge on any atom is -0.495 e. The van der Waals surface area contributed by atoms with E-state index in [0.717, 1.165) is 24.8 Å². The summed E-state index contributed by atoms with van der Waals surface area (Å²) in [7, 11) is 1.62. The highest BCUT2D eigenvalue weighted by Gasteiger charge is 2.26. The van der Waals surface area contributed by atoms with Crippen molar-refractivity contribution in [3.63, 3.8) is 0 Å². The van der Waals surface area contributed by atoms with Gasteiger partial charge in [0.05, 0.1) is 19.4 Å². The van der Waals surface area contributed by atoms with Gasteiger partial charge in [0.2, 0.25) is 0 Å². The molecule has 1 N–H and O–H groups in total. The molecule has 0 fully saturated rings. The SMILES string of the molecule is COc1cncc(C(O)C2CCc3ccccc3C2)c1. The first-order valence-corrected chi connectivity index (χ1v) is 7.01. The lowest BCUT2D eigenvalue weighted by molar-refractivity contribution is 0.0989. The van der Waals surface area contributed by atoms with Crippen LogP contribution < -0.4 is 4.74 Å². The molecule has 2 atom stereocenters. The Kier molecular flexibility index (Phi) is 3.70. The molecule has 0 saturated carbocycles. The Balaban J connectivity index is 1.80. The molecule has 104 valence electrons. The van der Waals surface area contributed by atoms with Crippen LogP contribution in [0.4, 0.5) is 0 Å². The second-order valence-electron chi connectivity index (χ2n) is 5.37. The molecular formula is C17H19NO2. The number of hydrogen-bond donors (Lipinski definition) is 1. The highest BCUT2D eigenvalue weighted by Crippen LogP contribution is 2.34. The van der Waals surface area contributed by atoms with Crippen molar-refractivity contribution in [2.45, 2.75) is 25.4 Å². The number of pyridine rings is 1. The van der Waals surface area contributed by atoms with Gasteiger partial charge in [-0.2, -0.15) is 0 Å². The second-order valence-corrected chi connectivity index (χ2v) is 5.37. The molecule has 1 aliphatic rings. The van der Waals surface area contributed by atoms with Crippen LogP contribution in [0.25, 0.3) is 0 Å². The molecule has 0 amide bonds. The van der Waals surface area contributed by atoms with E-state index in [1.54, 1.807) is 19.5 Å². The summed E-state index contributed by atoms with van der Waals surface area (Å²) in [5.41, 5.74) is 3.62. The average Bonchev–Trinajstić information content (AvgIpc) is 2.53. The van der Waals surface area contributed by atoms with E-state index >= 15 is 0 Å². The molecule has 20 heavy (non-hydrogen) atoms. The van der Waals surface area contributed by atoms with Crippen molar-refractivity contribution in [2.24, 2.45) is 5.92 Å². The number of aliphatic hydroxyl groups excluding tert-OH is 1. The van der Waals surface area contributed by atoms with Crippen LogP contribution in [0.2, 0.25) is 0 Å². The molecule has 3 nitrogen and oxygen atoms in total. The fourth-order valence-corrected chi connectivity index (χ4v) is 2.98. The smallest absolute Gasteiger partial charge is 0.137 e. The van der Waals surface area contributed by atoms with Gasteiger partial charge in [-0.3, -0.25) is 4.98 Å². The van der Waals surface area contributed by atoms with Gasteiger partial charge in [-0.05, 0) is 42.4 Å². The monoisotopic (exact) mass is 269 g/mol. The van der Waals surface area contributed by atoms with Crippen molar-refractivity contribution in [2.75, 3.05) is 7.11 Å². The number of methoxy groups -OCH3 is 1. The number of fused-ring (bicyclic) bond motifs is 1. The minimum atomic E-state index is -0.481. The number of benzene rings is 1. The van der Waals surface area contributed by atoms with Crippen molar-refractivity contribution in [3.05, 3.63) is 59.4 Å². The zero-order valence-electron chi connectivity index (χ0n) is 11.6. The Labute approximate surface area is 119 Å². The number of ether oxygens (including phenoxy) is 1. The molecule has 0 bridgehead atoms. The molecular weight excluding hydrogens is 250 g/mol. The fourth-order valence-electron chi connectivity index (χ4n) is 2.98. The van der Waals surface area contributed by atoms with Crippen LogP contribution in [0.5, 0.6) is 5.75 Å². The third-order valence-electron chi connectivity index (χ3n) is 4.14. The van der Waals surface area contributed by atoms with Crippen molar-refractivity contribution >= 4 is 0 Å². The summed E-state index contributed by atoms with van der Waals surface area (Å²) >= 11 is 0. The van der Waals surface area contributed by atoms with Gasteiger partial charge in [0.1, 0.15) is 5.75 Å². The number of aliphatic hydroxyl groups is 1. The Morgan fingerprint density at radius 3 is 2.85 bits per heavy atom. The minimum absolute atomic E-state index is 0.249.